The first-order valence-electron chi connectivity index (χ1n) is 17.3. The van der Waals surface area contributed by atoms with Crippen LogP contribution in [-0.2, 0) is 11.8 Å². The molecule has 7 aromatic carbocycles. The second-order valence-electron chi connectivity index (χ2n) is 13.7. The first-order chi connectivity index (χ1) is 23.5. The zero-order valence-corrected chi connectivity index (χ0v) is 28.1. The Hall–Kier alpha value is -5.40. The molecule has 234 valence electrons. The van der Waals surface area contributed by atoms with Crippen molar-refractivity contribution < 1.29 is 0 Å². The molecule has 0 fully saturated rings. The van der Waals surface area contributed by atoms with Crippen LogP contribution in [0.4, 0.5) is 17.1 Å². The molecule has 0 atom stereocenters. The van der Waals surface area contributed by atoms with E-state index >= 15 is 0 Å². The van der Waals surface area contributed by atoms with Gasteiger partial charge >= 0.3 is 0 Å². The molecular formula is C47H41N. The SMILES string of the molecule is CCCCc1cccc(-c2ccc(N(c3ccc(-c4ccccc4)cc3)c3ccc4c5c(ccc4c3)-c3ccccc3C5(C)C)cc2)c1. The maximum absolute atomic E-state index is 2.39. The Morgan fingerprint density at radius 2 is 1.12 bits per heavy atom. The molecule has 0 aliphatic heterocycles. The van der Waals surface area contributed by atoms with Crippen LogP contribution in [0.2, 0.25) is 0 Å². The third-order valence-electron chi connectivity index (χ3n) is 10.2. The molecule has 0 heterocycles. The van der Waals surface area contributed by atoms with Crippen molar-refractivity contribution in [3.05, 3.63) is 174 Å². The van der Waals surface area contributed by atoms with Crippen LogP contribution in [0.1, 0.15) is 50.3 Å². The summed E-state index contributed by atoms with van der Waals surface area (Å²) in [5, 5.41) is 2.59. The molecule has 7 aromatic rings. The van der Waals surface area contributed by atoms with E-state index in [1.54, 1.807) is 0 Å². The summed E-state index contributed by atoms with van der Waals surface area (Å²) in [4.78, 5) is 2.39. The Morgan fingerprint density at radius 3 is 1.85 bits per heavy atom. The van der Waals surface area contributed by atoms with Gasteiger partial charge in [0.05, 0.1) is 0 Å². The summed E-state index contributed by atoms with van der Waals surface area (Å²) < 4.78 is 0. The maximum Gasteiger partial charge on any atom is 0.0468 e. The van der Waals surface area contributed by atoms with E-state index in [4.69, 9.17) is 0 Å². The molecular weight excluding hydrogens is 579 g/mol. The van der Waals surface area contributed by atoms with Gasteiger partial charge in [-0.1, -0.05) is 149 Å². The molecule has 0 N–H and O–H groups in total. The summed E-state index contributed by atoms with van der Waals surface area (Å²) >= 11 is 0. The molecule has 1 aliphatic carbocycles. The molecule has 0 amide bonds. The Bertz CT molecular complexity index is 2220. The van der Waals surface area contributed by atoms with E-state index in [9.17, 15) is 0 Å². The van der Waals surface area contributed by atoms with E-state index in [0.29, 0.717) is 0 Å². The smallest absolute Gasteiger partial charge is 0.0468 e. The second-order valence-corrected chi connectivity index (χ2v) is 13.7. The lowest BCUT2D eigenvalue weighted by Gasteiger charge is -2.27. The topological polar surface area (TPSA) is 3.24 Å². The van der Waals surface area contributed by atoms with E-state index in [1.165, 1.54) is 73.7 Å². The molecule has 0 spiro atoms. The Balaban J connectivity index is 1.21. The summed E-state index contributed by atoms with van der Waals surface area (Å²) in [6.45, 7) is 6.99. The normalized spacial score (nSPS) is 12.9. The number of benzene rings is 7. The van der Waals surface area contributed by atoms with Gasteiger partial charge in [-0.25, -0.2) is 0 Å². The lowest BCUT2D eigenvalue weighted by atomic mass is 9.80. The number of anilines is 3. The third-order valence-corrected chi connectivity index (χ3v) is 10.2. The summed E-state index contributed by atoms with van der Waals surface area (Å²) in [6, 6.07) is 58.2. The van der Waals surface area contributed by atoms with Crippen molar-refractivity contribution in [3.8, 4) is 33.4 Å². The minimum atomic E-state index is -0.0520. The monoisotopic (exact) mass is 619 g/mol. The number of unbranched alkanes of at least 4 members (excludes halogenated alkanes) is 1. The quantitative estimate of drug-likeness (QED) is 0.164. The minimum absolute atomic E-state index is 0.0520. The van der Waals surface area contributed by atoms with Gasteiger partial charge < -0.3 is 4.90 Å². The van der Waals surface area contributed by atoms with Crippen LogP contribution in [0.15, 0.2) is 158 Å². The van der Waals surface area contributed by atoms with Crippen LogP contribution in [0.5, 0.6) is 0 Å². The first-order valence-corrected chi connectivity index (χ1v) is 17.3. The van der Waals surface area contributed by atoms with Gasteiger partial charge in [0, 0.05) is 22.5 Å². The van der Waals surface area contributed by atoms with Crippen LogP contribution in [0.25, 0.3) is 44.2 Å². The number of fused-ring (bicyclic) bond motifs is 5. The fraction of sp³-hybridized carbons (Fsp3) is 0.149. The zero-order chi connectivity index (χ0) is 32.7. The molecule has 0 unspecified atom stereocenters. The Morgan fingerprint density at radius 1 is 0.500 bits per heavy atom. The predicted octanol–water partition coefficient (Wildman–Crippen LogP) is 13.3. The van der Waals surface area contributed by atoms with Crippen molar-refractivity contribution in [2.75, 3.05) is 4.90 Å². The lowest BCUT2D eigenvalue weighted by molar-refractivity contribution is 0.666. The van der Waals surface area contributed by atoms with Crippen LogP contribution >= 0.6 is 0 Å². The number of hydrogen-bond acceptors (Lipinski definition) is 1. The van der Waals surface area contributed by atoms with E-state index < -0.39 is 0 Å². The highest BCUT2D eigenvalue weighted by atomic mass is 15.1. The van der Waals surface area contributed by atoms with Crippen molar-refractivity contribution in [2.45, 2.75) is 45.4 Å². The summed E-state index contributed by atoms with van der Waals surface area (Å²) in [6.07, 6.45) is 3.56. The van der Waals surface area contributed by atoms with Gasteiger partial charge in [-0.3, -0.25) is 0 Å². The average molecular weight is 620 g/mol. The van der Waals surface area contributed by atoms with Crippen molar-refractivity contribution in [3.63, 3.8) is 0 Å². The molecule has 1 nitrogen and oxygen atoms in total. The third kappa shape index (κ3) is 5.30. The molecule has 0 bridgehead atoms. The number of nitrogens with zero attached hydrogens (tertiary/aromatic N) is 1. The second kappa shape index (κ2) is 12.3. The molecule has 0 saturated heterocycles. The number of aryl methyl sites for hydroxylation is 1. The van der Waals surface area contributed by atoms with Gasteiger partial charge in [0.25, 0.3) is 0 Å². The highest BCUT2D eigenvalue weighted by molar-refractivity contribution is 5.99. The molecule has 0 saturated carbocycles. The van der Waals surface area contributed by atoms with Crippen molar-refractivity contribution >= 4 is 27.8 Å². The van der Waals surface area contributed by atoms with Crippen LogP contribution < -0.4 is 4.90 Å². The standard InChI is InChI=1S/C47H41N/c1-4-5-12-33-13-11-16-37(31-33)36-21-26-40(27-22-36)48(39-24-19-35(20-25-39)34-14-7-6-8-15-34)41-28-30-42-38(32-41)23-29-44-43-17-9-10-18-45(43)47(2,3)46(42)44/h6-11,13-32H,4-5,12H2,1-3H3. The molecule has 0 aromatic heterocycles. The lowest BCUT2D eigenvalue weighted by Crippen LogP contribution is -2.15. The highest BCUT2D eigenvalue weighted by Gasteiger charge is 2.36. The highest BCUT2D eigenvalue weighted by Crippen LogP contribution is 2.51. The molecule has 1 aliphatic rings. The van der Waals surface area contributed by atoms with Crippen LogP contribution in [0.3, 0.4) is 0 Å². The van der Waals surface area contributed by atoms with E-state index in [0.717, 1.165) is 23.5 Å². The van der Waals surface area contributed by atoms with Crippen LogP contribution in [-0.4, -0.2) is 0 Å². The zero-order valence-electron chi connectivity index (χ0n) is 28.1. The van der Waals surface area contributed by atoms with Crippen LogP contribution in [0, 0.1) is 0 Å². The minimum Gasteiger partial charge on any atom is -0.310 e. The summed E-state index contributed by atoms with van der Waals surface area (Å²) in [7, 11) is 0. The molecule has 1 heteroatoms. The van der Waals surface area contributed by atoms with Crippen molar-refractivity contribution in [2.24, 2.45) is 0 Å². The van der Waals surface area contributed by atoms with Gasteiger partial charge in [0.15, 0.2) is 0 Å². The summed E-state index contributed by atoms with van der Waals surface area (Å²) in [5.74, 6) is 0. The molecule has 0 radical (unpaired) electrons. The van der Waals surface area contributed by atoms with Gasteiger partial charge in [-0.05, 0) is 110 Å². The van der Waals surface area contributed by atoms with E-state index in [1.807, 2.05) is 0 Å². The fourth-order valence-corrected chi connectivity index (χ4v) is 7.72. The predicted molar refractivity (Wildman–Crippen MR) is 206 cm³/mol. The molecule has 48 heavy (non-hydrogen) atoms. The van der Waals surface area contributed by atoms with E-state index in [2.05, 4.69) is 183 Å². The fourth-order valence-electron chi connectivity index (χ4n) is 7.72. The van der Waals surface area contributed by atoms with Gasteiger partial charge in [0.2, 0.25) is 0 Å². The van der Waals surface area contributed by atoms with E-state index in [-0.39, 0.29) is 5.41 Å². The average Bonchev–Trinajstić information content (AvgIpc) is 3.38. The maximum atomic E-state index is 2.39. The Labute approximate surface area is 285 Å². The van der Waals surface area contributed by atoms with Gasteiger partial charge in [-0.15, -0.1) is 0 Å². The first kappa shape index (κ1) is 30.0. The van der Waals surface area contributed by atoms with Crippen molar-refractivity contribution in [1.82, 2.24) is 0 Å². The number of rotatable bonds is 8. The van der Waals surface area contributed by atoms with Gasteiger partial charge in [-0.2, -0.15) is 0 Å². The number of hydrogen-bond donors (Lipinski definition) is 0. The van der Waals surface area contributed by atoms with Gasteiger partial charge in [0.1, 0.15) is 0 Å². The van der Waals surface area contributed by atoms with Crippen molar-refractivity contribution in [1.29, 1.82) is 0 Å². The largest absolute Gasteiger partial charge is 0.310 e. The summed E-state index contributed by atoms with van der Waals surface area (Å²) in [5.41, 5.74) is 15.3. The molecule has 8 rings (SSSR count). The Kier molecular flexibility index (Phi) is 7.69.